The van der Waals surface area contributed by atoms with Crippen LogP contribution >= 0.6 is 0 Å². The van der Waals surface area contributed by atoms with Crippen LogP contribution in [0.25, 0.3) is 0 Å². The molecule has 3 rings (SSSR count). The monoisotopic (exact) mass is 169 g/mol. The zero-order valence-electron chi connectivity index (χ0n) is 5.74. The Hall–Kier alpha value is -0.870. The van der Waals surface area contributed by atoms with E-state index in [9.17, 15) is 8.42 Å². The Kier molecular flexibility index (Phi) is 1.27. The lowest BCUT2D eigenvalue weighted by Gasteiger charge is -1.97. The molecule has 1 N–H and O–H groups in total. The van der Waals surface area contributed by atoms with E-state index in [1.807, 2.05) is 12.1 Å². The first-order chi connectivity index (χ1) is 5.18. The summed E-state index contributed by atoms with van der Waals surface area (Å²) in [7, 11) is -3.20. The number of hydrogen-bond acceptors (Lipinski definition) is 2. The SMILES string of the molecule is O=S1(=O)NCc2ccc1cc2. The van der Waals surface area contributed by atoms with Crippen LogP contribution in [0.1, 0.15) is 5.56 Å². The molecular formula is C7H7NO2S. The maximum absolute atomic E-state index is 11.2. The van der Waals surface area contributed by atoms with Gasteiger partial charge in [-0.15, -0.1) is 0 Å². The fraction of sp³-hybridized carbons (Fsp3) is 0.143. The van der Waals surface area contributed by atoms with Gasteiger partial charge in [-0.1, -0.05) is 12.1 Å². The Morgan fingerprint density at radius 2 is 1.82 bits per heavy atom. The van der Waals surface area contributed by atoms with Gasteiger partial charge in [-0.3, -0.25) is 0 Å². The minimum absolute atomic E-state index is 0.346. The molecule has 0 unspecified atom stereocenters. The maximum atomic E-state index is 11.2. The van der Waals surface area contributed by atoms with Crippen LogP contribution in [-0.4, -0.2) is 8.42 Å². The second-order valence-electron chi connectivity index (χ2n) is 2.47. The van der Waals surface area contributed by atoms with E-state index in [0.717, 1.165) is 5.56 Å². The standard InChI is InChI=1S/C7H7NO2S/c9-11(10)7-3-1-6(2-4-7)5-8-11/h1-4,8H,5H2. The quantitative estimate of drug-likeness (QED) is 0.614. The number of rotatable bonds is 0. The van der Waals surface area contributed by atoms with Gasteiger partial charge in [0.2, 0.25) is 10.0 Å². The van der Waals surface area contributed by atoms with Crippen molar-refractivity contribution in [1.82, 2.24) is 4.72 Å². The lowest BCUT2D eigenvalue weighted by atomic mass is 10.2. The number of fused-ring (bicyclic) bond motifs is 4. The topological polar surface area (TPSA) is 46.2 Å². The predicted molar refractivity (Wildman–Crippen MR) is 40.5 cm³/mol. The molecule has 2 aliphatic heterocycles. The molecule has 3 nitrogen and oxygen atoms in total. The van der Waals surface area contributed by atoms with Crippen molar-refractivity contribution < 1.29 is 8.42 Å². The second kappa shape index (κ2) is 2.06. The molecule has 0 saturated carbocycles. The van der Waals surface area contributed by atoms with E-state index in [4.69, 9.17) is 0 Å². The Balaban J connectivity index is 2.72. The molecule has 0 fully saturated rings. The highest BCUT2D eigenvalue weighted by Crippen LogP contribution is 2.14. The summed E-state index contributed by atoms with van der Waals surface area (Å²) in [5.41, 5.74) is 0.995. The molecule has 0 atom stereocenters. The summed E-state index contributed by atoms with van der Waals surface area (Å²) >= 11 is 0. The minimum atomic E-state index is -3.20. The molecule has 2 bridgehead atoms. The zero-order chi connectivity index (χ0) is 7.90. The highest BCUT2D eigenvalue weighted by molar-refractivity contribution is 7.89. The van der Waals surface area contributed by atoms with Crippen molar-refractivity contribution in [3.05, 3.63) is 29.8 Å². The van der Waals surface area contributed by atoms with Gasteiger partial charge in [-0.25, -0.2) is 13.1 Å². The van der Waals surface area contributed by atoms with Crippen molar-refractivity contribution in [2.75, 3.05) is 0 Å². The molecule has 0 spiro atoms. The molecule has 2 heterocycles. The smallest absolute Gasteiger partial charge is 0.207 e. The Morgan fingerprint density at radius 3 is 2.45 bits per heavy atom. The molecule has 0 radical (unpaired) electrons. The minimum Gasteiger partial charge on any atom is -0.207 e. The molecule has 0 saturated heterocycles. The lowest BCUT2D eigenvalue weighted by molar-refractivity contribution is 0.583. The van der Waals surface area contributed by atoms with E-state index >= 15 is 0 Å². The molecule has 0 aromatic heterocycles. The average molecular weight is 169 g/mol. The van der Waals surface area contributed by atoms with Gasteiger partial charge in [0.15, 0.2) is 0 Å². The summed E-state index contributed by atoms with van der Waals surface area (Å²) in [6, 6.07) is 6.86. The van der Waals surface area contributed by atoms with Crippen LogP contribution in [0, 0.1) is 0 Å². The van der Waals surface area contributed by atoms with Crippen molar-refractivity contribution in [2.45, 2.75) is 11.4 Å². The van der Waals surface area contributed by atoms with E-state index in [1.165, 1.54) is 0 Å². The number of nitrogens with one attached hydrogen (secondary N) is 1. The number of hydrogen-bond donors (Lipinski definition) is 1. The van der Waals surface area contributed by atoms with Crippen LogP contribution in [0.5, 0.6) is 0 Å². The van der Waals surface area contributed by atoms with Crippen LogP contribution < -0.4 is 4.72 Å². The Labute approximate surface area is 65.1 Å². The normalized spacial score (nSPS) is 19.6. The van der Waals surface area contributed by atoms with E-state index in [1.54, 1.807) is 12.1 Å². The highest BCUT2D eigenvalue weighted by Gasteiger charge is 2.16. The summed E-state index contributed by atoms with van der Waals surface area (Å²) in [5.74, 6) is 0. The van der Waals surface area contributed by atoms with Crippen LogP contribution in [0.3, 0.4) is 0 Å². The van der Waals surface area contributed by atoms with Crippen molar-refractivity contribution in [1.29, 1.82) is 0 Å². The molecule has 4 heteroatoms. The summed E-state index contributed by atoms with van der Waals surface area (Å²) in [5, 5.41) is 0. The van der Waals surface area contributed by atoms with Crippen LogP contribution in [0.15, 0.2) is 29.2 Å². The second-order valence-corrected chi connectivity index (χ2v) is 4.24. The highest BCUT2D eigenvalue weighted by atomic mass is 32.2. The van der Waals surface area contributed by atoms with E-state index < -0.39 is 10.0 Å². The van der Waals surface area contributed by atoms with Crippen LogP contribution in [-0.2, 0) is 16.6 Å². The number of sulfonamides is 1. The van der Waals surface area contributed by atoms with Crippen LogP contribution in [0.2, 0.25) is 0 Å². The maximum Gasteiger partial charge on any atom is 0.240 e. The lowest BCUT2D eigenvalue weighted by Crippen LogP contribution is -2.20. The zero-order valence-corrected chi connectivity index (χ0v) is 6.56. The molecule has 2 aliphatic rings. The summed E-state index contributed by atoms with van der Waals surface area (Å²) in [6.07, 6.45) is 0. The first-order valence-electron chi connectivity index (χ1n) is 3.27. The third-order valence-corrected chi connectivity index (χ3v) is 3.12. The fourth-order valence-corrected chi connectivity index (χ4v) is 2.07. The largest absolute Gasteiger partial charge is 0.240 e. The first-order valence-corrected chi connectivity index (χ1v) is 4.75. The Morgan fingerprint density at radius 1 is 1.18 bits per heavy atom. The van der Waals surface area contributed by atoms with Gasteiger partial charge < -0.3 is 0 Å². The molecule has 58 valence electrons. The predicted octanol–water partition coefficient (Wildman–Crippen LogP) is 0.479. The van der Waals surface area contributed by atoms with Gasteiger partial charge in [-0.05, 0) is 17.7 Å². The molecular weight excluding hydrogens is 162 g/mol. The van der Waals surface area contributed by atoms with E-state index in [-0.39, 0.29) is 0 Å². The van der Waals surface area contributed by atoms with E-state index in [0.29, 0.717) is 11.4 Å². The Bertz CT molecular complexity index is 366. The number of benzene rings is 1. The summed E-state index contributed by atoms with van der Waals surface area (Å²) < 4.78 is 24.8. The summed E-state index contributed by atoms with van der Waals surface area (Å²) in [4.78, 5) is 0.346. The average Bonchev–Trinajstić information content (AvgIpc) is 2.21. The van der Waals surface area contributed by atoms with Crippen LogP contribution in [0.4, 0.5) is 0 Å². The first kappa shape index (κ1) is 6.82. The van der Waals surface area contributed by atoms with E-state index in [2.05, 4.69) is 4.72 Å². The van der Waals surface area contributed by atoms with Gasteiger partial charge in [0.05, 0.1) is 4.90 Å². The van der Waals surface area contributed by atoms with Gasteiger partial charge >= 0.3 is 0 Å². The third kappa shape index (κ3) is 1.04. The third-order valence-electron chi connectivity index (χ3n) is 1.70. The molecule has 0 amide bonds. The van der Waals surface area contributed by atoms with Crippen molar-refractivity contribution >= 4 is 10.0 Å². The molecule has 1 aromatic rings. The fourth-order valence-electron chi connectivity index (χ4n) is 1.05. The van der Waals surface area contributed by atoms with Crippen molar-refractivity contribution in [3.8, 4) is 0 Å². The molecule has 1 aromatic carbocycles. The van der Waals surface area contributed by atoms with Crippen molar-refractivity contribution in [3.63, 3.8) is 0 Å². The summed E-state index contributed by atoms with van der Waals surface area (Å²) in [6.45, 7) is 0.402. The molecule has 0 aliphatic carbocycles. The van der Waals surface area contributed by atoms with Gasteiger partial charge in [-0.2, -0.15) is 0 Å². The van der Waals surface area contributed by atoms with Gasteiger partial charge in [0, 0.05) is 6.54 Å². The van der Waals surface area contributed by atoms with Crippen molar-refractivity contribution in [2.24, 2.45) is 0 Å². The van der Waals surface area contributed by atoms with Gasteiger partial charge in [0.1, 0.15) is 0 Å². The molecule has 11 heavy (non-hydrogen) atoms. The van der Waals surface area contributed by atoms with Gasteiger partial charge in [0.25, 0.3) is 0 Å².